The number of hydrogen-bond acceptors (Lipinski definition) is 2. The Labute approximate surface area is 125 Å². The second kappa shape index (κ2) is 6.21. The maximum atomic E-state index is 12.4. The predicted molar refractivity (Wildman–Crippen MR) is 79.9 cm³/mol. The summed E-state index contributed by atoms with van der Waals surface area (Å²) in [4.78, 5) is 14.2. The zero-order valence-electron chi connectivity index (χ0n) is 9.90. The van der Waals surface area contributed by atoms with Gasteiger partial charge in [0.1, 0.15) is 0 Å². The van der Waals surface area contributed by atoms with E-state index >= 15 is 0 Å². The quantitative estimate of drug-likeness (QED) is 0.803. The van der Waals surface area contributed by atoms with Crippen LogP contribution < -0.4 is 0 Å². The minimum Gasteiger partial charge on any atom is -0.396 e. The standard InChI is InChI=1S/C13H15ClINO2/c14-10-1-2-12(15)11(7-10)13(18)16-5-3-9(8-17)4-6-16/h1-2,7,9,17H,3-6,8H2. The first-order valence-corrected chi connectivity index (χ1v) is 7.42. The number of aliphatic hydroxyl groups excluding tert-OH is 1. The number of likely N-dealkylation sites (tertiary alicyclic amines) is 1. The molecule has 1 heterocycles. The number of amides is 1. The summed E-state index contributed by atoms with van der Waals surface area (Å²) < 4.78 is 0.922. The third kappa shape index (κ3) is 3.16. The highest BCUT2D eigenvalue weighted by molar-refractivity contribution is 14.1. The first-order chi connectivity index (χ1) is 8.61. The average Bonchev–Trinajstić information content (AvgIpc) is 2.41. The third-order valence-corrected chi connectivity index (χ3v) is 4.49. The Morgan fingerprint density at radius 1 is 1.44 bits per heavy atom. The van der Waals surface area contributed by atoms with Crippen LogP contribution in [0.4, 0.5) is 0 Å². The summed E-state index contributed by atoms with van der Waals surface area (Å²) in [6.45, 7) is 1.65. The molecular weight excluding hydrogens is 365 g/mol. The number of benzene rings is 1. The van der Waals surface area contributed by atoms with Crippen molar-refractivity contribution in [2.75, 3.05) is 19.7 Å². The lowest BCUT2D eigenvalue weighted by atomic mass is 9.97. The molecule has 98 valence electrons. The van der Waals surface area contributed by atoms with Gasteiger partial charge in [0.15, 0.2) is 0 Å². The van der Waals surface area contributed by atoms with Gasteiger partial charge >= 0.3 is 0 Å². The fourth-order valence-corrected chi connectivity index (χ4v) is 2.89. The average molecular weight is 380 g/mol. The second-order valence-electron chi connectivity index (χ2n) is 4.54. The molecule has 1 amide bonds. The molecule has 0 unspecified atom stereocenters. The van der Waals surface area contributed by atoms with Gasteiger partial charge in [-0.25, -0.2) is 0 Å². The molecule has 0 bridgehead atoms. The van der Waals surface area contributed by atoms with Crippen molar-refractivity contribution in [3.05, 3.63) is 32.4 Å². The molecule has 1 aliphatic heterocycles. The SMILES string of the molecule is O=C(c1cc(Cl)ccc1I)N1CCC(CO)CC1. The summed E-state index contributed by atoms with van der Waals surface area (Å²) in [7, 11) is 0. The molecule has 1 fully saturated rings. The molecule has 1 saturated heterocycles. The van der Waals surface area contributed by atoms with Crippen molar-refractivity contribution in [2.45, 2.75) is 12.8 Å². The van der Waals surface area contributed by atoms with Gasteiger partial charge in [0, 0.05) is 28.3 Å². The molecule has 0 atom stereocenters. The fraction of sp³-hybridized carbons (Fsp3) is 0.462. The lowest BCUT2D eigenvalue weighted by Crippen LogP contribution is -2.39. The van der Waals surface area contributed by atoms with Crippen molar-refractivity contribution in [2.24, 2.45) is 5.92 Å². The van der Waals surface area contributed by atoms with Gasteiger partial charge in [-0.1, -0.05) is 11.6 Å². The number of piperidine rings is 1. The van der Waals surface area contributed by atoms with Crippen LogP contribution in [0, 0.1) is 9.49 Å². The van der Waals surface area contributed by atoms with Gasteiger partial charge in [-0.15, -0.1) is 0 Å². The molecule has 2 rings (SSSR count). The Hall–Kier alpha value is -0.330. The molecule has 0 saturated carbocycles. The van der Waals surface area contributed by atoms with E-state index in [0.29, 0.717) is 29.6 Å². The molecule has 0 radical (unpaired) electrons. The fourth-order valence-electron chi connectivity index (χ4n) is 2.15. The van der Waals surface area contributed by atoms with Crippen LogP contribution in [0.25, 0.3) is 0 Å². The Morgan fingerprint density at radius 3 is 2.72 bits per heavy atom. The number of nitrogens with zero attached hydrogens (tertiary/aromatic N) is 1. The van der Waals surface area contributed by atoms with Crippen LogP contribution in [0.1, 0.15) is 23.2 Å². The van der Waals surface area contributed by atoms with Crippen LogP contribution >= 0.6 is 34.2 Å². The molecule has 3 nitrogen and oxygen atoms in total. The van der Waals surface area contributed by atoms with Crippen LogP contribution in [0.2, 0.25) is 5.02 Å². The number of carbonyl (C=O) groups is 1. The van der Waals surface area contributed by atoms with E-state index in [1.807, 2.05) is 11.0 Å². The molecular formula is C13H15ClINO2. The van der Waals surface area contributed by atoms with E-state index < -0.39 is 0 Å². The first kappa shape index (κ1) is 14.1. The summed E-state index contributed by atoms with van der Waals surface area (Å²) in [5.74, 6) is 0.380. The van der Waals surface area contributed by atoms with Crippen LogP contribution in [-0.4, -0.2) is 35.6 Å². The third-order valence-electron chi connectivity index (χ3n) is 3.32. The number of hydrogen-bond donors (Lipinski definition) is 1. The molecule has 1 N–H and O–H groups in total. The molecule has 5 heteroatoms. The minimum atomic E-state index is 0.0401. The Kier molecular flexibility index (Phi) is 4.86. The Bertz CT molecular complexity index is 445. The van der Waals surface area contributed by atoms with Gasteiger partial charge in [-0.2, -0.15) is 0 Å². The molecule has 1 aromatic rings. The summed E-state index contributed by atoms with van der Waals surface area (Å²) in [5, 5.41) is 9.68. The van der Waals surface area contributed by atoms with Crippen molar-refractivity contribution < 1.29 is 9.90 Å². The number of carbonyl (C=O) groups excluding carboxylic acids is 1. The largest absolute Gasteiger partial charge is 0.396 e. The lowest BCUT2D eigenvalue weighted by Gasteiger charge is -2.31. The van der Waals surface area contributed by atoms with Crippen molar-refractivity contribution in [3.8, 4) is 0 Å². The maximum absolute atomic E-state index is 12.4. The van der Waals surface area contributed by atoms with Gasteiger partial charge in [0.05, 0.1) is 5.56 Å². The van der Waals surface area contributed by atoms with Crippen molar-refractivity contribution in [1.29, 1.82) is 0 Å². The van der Waals surface area contributed by atoms with Gasteiger partial charge in [-0.05, 0) is 59.5 Å². The van der Waals surface area contributed by atoms with Gasteiger partial charge in [0.2, 0.25) is 0 Å². The monoisotopic (exact) mass is 379 g/mol. The second-order valence-corrected chi connectivity index (χ2v) is 6.14. The highest BCUT2D eigenvalue weighted by Gasteiger charge is 2.24. The van der Waals surface area contributed by atoms with E-state index in [-0.39, 0.29) is 12.5 Å². The zero-order valence-corrected chi connectivity index (χ0v) is 12.8. The highest BCUT2D eigenvalue weighted by Crippen LogP contribution is 2.23. The smallest absolute Gasteiger partial charge is 0.254 e. The summed E-state index contributed by atoms with van der Waals surface area (Å²) in [6, 6.07) is 5.37. The highest BCUT2D eigenvalue weighted by atomic mass is 127. The van der Waals surface area contributed by atoms with E-state index in [4.69, 9.17) is 16.7 Å². The van der Waals surface area contributed by atoms with E-state index in [1.54, 1.807) is 12.1 Å². The van der Waals surface area contributed by atoms with E-state index in [1.165, 1.54) is 0 Å². The zero-order chi connectivity index (χ0) is 13.1. The van der Waals surface area contributed by atoms with Crippen LogP contribution in [0.5, 0.6) is 0 Å². The normalized spacial score (nSPS) is 16.9. The van der Waals surface area contributed by atoms with Crippen molar-refractivity contribution >= 4 is 40.1 Å². The minimum absolute atomic E-state index is 0.0401. The first-order valence-electron chi connectivity index (χ1n) is 5.97. The topological polar surface area (TPSA) is 40.5 Å². The lowest BCUT2D eigenvalue weighted by molar-refractivity contribution is 0.0650. The van der Waals surface area contributed by atoms with E-state index in [2.05, 4.69) is 22.6 Å². The summed E-state index contributed by atoms with van der Waals surface area (Å²) in [6.07, 6.45) is 1.75. The molecule has 18 heavy (non-hydrogen) atoms. The van der Waals surface area contributed by atoms with Crippen molar-refractivity contribution in [3.63, 3.8) is 0 Å². The summed E-state index contributed by atoms with van der Waals surface area (Å²) in [5.41, 5.74) is 0.672. The maximum Gasteiger partial charge on any atom is 0.254 e. The van der Waals surface area contributed by atoms with Gasteiger partial charge in [0.25, 0.3) is 5.91 Å². The van der Waals surface area contributed by atoms with E-state index in [9.17, 15) is 4.79 Å². The number of aliphatic hydroxyl groups is 1. The Balaban J connectivity index is 2.10. The van der Waals surface area contributed by atoms with Gasteiger partial charge < -0.3 is 10.0 Å². The molecule has 0 spiro atoms. The number of rotatable bonds is 2. The van der Waals surface area contributed by atoms with Crippen molar-refractivity contribution in [1.82, 2.24) is 4.90 Å². The summed E-state index contributed by atoms with van der Waals surface area (Å²) >= 11 is 8.09. The van der Waals surface area contributed by atoms with Gasteiger partial charge in [-0.3, -0.25) is 4.79 Å². The number of halogens is 2. The molecule has 1 aromatic carbocycles. The van der Waals surface area contributed by atoms with Crippen LogP contribution in [0.15, 0.2) is 18.2 Å². The Morgan fingerprint density at radius 2 is 2.11 bits per heavy atom. The van der Waals surface area contributed by atoms with Crippen LogP contribution in [0.3, 0.4) is 0 Å². The van der Waals surface area contributed by atoms with Crippen LogP contribution in [-0.2, 0) is 0 Å². The molecule has 0 aromatic heterocycles. The van der Waals surface area contributed by atoms with E-state index in [0.717, 1.165) is 16.4 Å². The molecule has 1 aliphatic rings. The predicted octanol–water partition coefficient (Wildman–Crippen LogP) is 2.79. The molecule has 0 aliphatic carbocycles.